The van der Waals surface area contributed by atoms with Gasteiger partial charge in [0, 0.05) is 25.3 Å². The van der Waals surface area contributed by atoms with Gasteiger partial charge < -0.3 is 15.3 Å². The van der Waals surface area contributed by atoms with Crippen LogP contribution in [0.5, 0.6) is 5.75 Å². The molecule has 0 saturated heterocycles. The van der Waals surface area contributed by atoms with Crippen molar-refractivity contribution < 1.29 is 9.50 Å². The van der Waals surface area contributed by atoms with E-state index in [1.54, 1.807) is 55.4 Å². The Morgan fingerprint density at radius 2 is 1.70 bits per heavy atom. The van der Waals surface area contributed by atoms with Gasteiger partial charge >= 0.3 is 0 Å². The molecule has 3 rings (SSSR count). The number of benzene rings is 2. The van der Waals surface area contributed by atoms with Crippen molar-refractivity contribution in [3.8, 4) is 5.75 Å². The maximum absolute atomic E-state index is 13.0. The molecule has 0 saturated carbocycles. The first-order chi connectivity index (χ1) is 13.0. The molecule has 0 bridgehead atoms. The fraction of sp³-hybridized carbons (Fsp3) is 0.111. The van der Waals surface area contributed by atoms with Crippen molar-refractivity contribution >= 4 is 29.7 Å². The number of halogens is 1. The molecule has 0 fully saturated rings. The van der Waals surface area contributed by atoms with Crippen molar-refractivity contribution in [2.24, 2.45) is 5.10 Å². The summed E-state index contributed by atoms with van der Waals surface area (Å²) in [6, 6.07) is 12.6. The van der Waals surface area contributed by atoms with Gasteiger partial charge in [0.05, 0.1) is 6.21 Å². The molecule has 0 atom stereocenters. The van der Waals surface area contributed by atoms with E-state index in [2.05, 4.69) is 30.8 Å². The van der Waals surface area contributed by atoms with Crippen LogP contribution in [0.2, 0.25) is 0 Å². The van der Waals surface area contributed by atoms with Crippen molar-refractivity contribution in [1.29, 1.82) is 0 Å². The normalized spacial score (nSPS) is 10.8. The largest absolute Gasteiger partial charge is 0.507 e. The second kappa shape index (κ2) is 8.09. The van der Waals surface area contributed by atoms with Crippen LogP contribution in [-0.4, -0.2) is 40.4 Å². The van der Waals surface area contributed by atoms with E-state index in [1.807, 2.05) is 0 Å². The lowest BCUT2D eigenvalue weighted by molar-refractivity contribution is 0.474. The highest BCUT2D eigenvalue weighted by Crippen LogP contribution is 2.17. The first-order valence-corrected chi connectivity index (χ1v) is 8.04. The number of hydrazone groups is 1. The summed E-state index contributed by atoms with van der Waals surface area (Å²) in [5.74, 6) is 0.692. The molecule has 27 heavy (non-hydrogen) atoms. The summed E-state index contributed by atoms with van der Waals surface area (Å²) < 4.78 is 13.0. The molecule has 9 heteroatoms. The fourth-order valence-corrected chi connectivity index (χ4v) is 2.09. The Kier molecular flexibility index (Phi) is 5.41. The third-order valence-corrected chi connectivity index (χ3v) is 3.43. The number of aromatic hydroxyl groups is 1. The van der Waals surface area contributed by atoms with Crippen LogP contribution >= 0.6 is 0 Å². The Morgan fingerprint density at radius 3 is 2.41 bits per heavy atom. The number of hydrogen-bond acceptors (Lipinski definition) is 8. The molecule has 0 radical (unpaired) electrons. The molecule has 0 amide bonds. The molecule has 3 aromatic rings. The van der Waals surface area contributed by atoms with E-state index in [0.717, 1.165) is 0 Å². The van der Waals surface area contributed by atoms with Gasteiger partial charge in [-0.2, -0.15) is 20.1 Å². The molecule has 0 unspecified atom stereocenters. The first-order valence-electron chi connectivity index (χ1n) is 8.04. The molecular formula is C18H18FN7O. The van der Waals surface area contributed by atoms with E-state index in [0.29, 0.717) is 17.2 Å². The number of phenolic OH excluding ortho intramolecular Hbond substituents is 1. The van der Waals surface area contributed by atoms with E-state index >= 15 is 0 Å². The Labute approximate surface area is 155 Å². The summed E-state index contributed by atoms with van der Waals surface area (Å²) in [7, 11) is 3.60. The zero-order valence-electron chi connectivity index (χ0n) is 14.8. The number of rotatable bonds is 6. The Balaban J connectivity index is 1.80. The molecule has 3 N–H and O–H groups in total. The van der Waals surface area contributed by atoms with Crippen molar-refractivity contribution in [1.82, 2.24) is 15.0 Å². The second-order valence-corrected chi connectivity index (χ2v) is 5.74. The smallest absolute Gasteiger partial charge is 0.250 e. The molecule has 1 heterocycles. The fourth-order valence-electron chi connectivity index (χ4n) is 2.09. The predicted octanol–water partition coefficient (Wildman–Crippen LogP) is 2.97. The van der Waals surface area contributed by atoms with Crippen LogP contribution in [0.4, 0.5) is 27.9 Å². The highest BCUT2D eigenvalue weighted by molar-refractivity contribution is 5.83. The molecule has 2 aromatic carbocycles. The number of aromatic nitrogens is 3. The lowest BCUT2D eigenvalue weighted by Gasteiger charge is -2.13. The molecular weight excluding hydrogens is 349 g/mol. The zero-order chi connectivity index (χ0) is 19.2. The van der Waals surface area contributed by atoms with Crippen LogP contribution in [0.25, 0.3) is 0 Å². The van der Waals surface area contributed by atoms with Gasteiger partial charge in [-0.15, -0.1) is 0 Å². The quantitative estimate of drug-likeness (QED) is 0.455. The molecule has 0 aliphatic rings. The minimum atomic E-state index is -0.328. The van der Waals surface area contributed by atoms with Crippen LogP contribution < -0.4 is 15.6 Å². The van der Waals surface area contributed by atoms with Crippen LogP contribution in [0.15, 0.2) is 53.6 Å². The molecule has 1 aromatic heterocycles. The summed E-state index contributed by atoms with van der Waals surface area (Å²) in [6.45, 7) is 0. The Bertz CT molecular complexity index is 945. The monoisotopic (exact) mass is 367 g/mol. The molecule has 0 aliphatic carbocycles. The standard InChI is InChI=1S/C18H18FN7O/c1-26(2)18-23-16(21-14-9-7-13(19)8-10-14)22-17(24-18)25-20-11-12-5-3-4-6-15(12)27/h3-11,27H,1-2H3,(H2,21,22,23,24,25). The van der Waals surface area contributed by atoms with Gasteiger partial charge in [-0.3, -0.25) is 0 Å². The third-order valence-electron chi connectivity index (χ3n) is 3.43. The lowest BCUT2D eigenvalue weighted by Crippen LogP contribution is -2.15. The van der Waals surface area contributed by atoms with E-state index in [-0.39, 0.29) is 23.5 Å². The van der Waals surface area contributed by atoms with E-state index in [4.69, 9.17) is 0 Å². The maximum Gasteiger partial charge on any atom is 0.250 e. The van der Waals surface area contributed by atoms with Gasteiger partial charge in [-0.1, -0.05) is 12.1 Å². The number of nitrogens with zero attached hydrogens (tertiary/aromatic N) is 5. The predicted molar refractivity (Wildman–Crippen MR) is 103 cm³/mol. The van der Waals surface area contributed by atoms with Crippen molar-refractivity contribution in [2.45, 2.75) is 0 Å². The number of nitrogens with one attached hydrogen (secondary N) is 2. The first kappa shape index (κ1) is 18.1. The summed E-state index contributed by atoms with van der Waals surface area (Å²) in [5, 5.41) is 16.8. The van der Waals surface area contributed by atoms with Gasteiger partial charge in [0.15, 0.2) is 0 Å². The molecule has 8 nitrogen and oxygen atoms in total. The second-order valence-electron chi connectivity index (χ2n) is 5.74. The van der Waals surface area contributed by atoms with Crippen molar-refractivity contribution in [3.63, 3.8) is 0 Å². The Morgan fingerprint density at radius 1 is 1.00 bits per heavy atom. The SMILES string of the molecule is CN(C)c1nc(NN=Cc2ccccc2O)nc(Nc2ccc(F)cc2)n1. The van der Waals surface area contributed by atoms with Gasteiger partial charge in [-0.25, -0.2) is 9.82 Å². The summed E-state index contributed by atoms with van der Waals surface area (Å²) in [4.78, 5) is 14.5. The van der Waals surface area contributed by atoms with E-state index < -0.39 is 0 Å². The number of para-hydroxylation sites is 1. The van der Waals surface area contributed by atoms with E-state index in [9.17, 15) is 9.50 Å². The number of hydrogen-bond donors (Lipinski definition) is 3. The molecule has 138 valence electrons. The van der Waals surface area contributed by atoms with E-state index in [1.165, 1.54) is 18.3 Å². The van der Waals surface area contributed by atoms with Gasteiger partial charge in [0.2, 0.25) is 17.8 Å². The summed E-state index contributed by atoms with van der Waals surface area (Å²) in [5.41, 5.74) is 3.91. The van der Waals surface area contributed by atoms with Gasteiger partial charge in [0.25, 0.3) is 0 Å². The summed E-state index contributed by atoms with van der Waals surface area (Å²) >= 11 is 0. The van der Waals surface area contributed by atoms with Crippen molar-refractivity contribution in [3.05, 3.63) is 59.9 Å². The highest BCUT2D eigenvalue weighted by atomic mass is 19.1. The number of anilines is 4. The summed E-state index contributed by atoms with van der Waals surface area (Å²) in [6.07, 6.45) is 1.46. The zero-order valence-corrected chi connectivity index (χ0v) is 14.8. The minimum Gasteiger partial charge on any atom is -0.507 e. The average molecular weight is 367 g/mol. The molecule has 0 aliphatic heterocycles. The lowest BCUT2D eigenvalue weighted by atomic mass is 10.2. The van der Waals surface area contributed by atoms with Gasteiger partial charge in [0.1, 0.15) is 11.6 Å². The molecule has 0 spiro atoms. The minimum absolute atomic E-state index is 0.117. The topological polar surface area (TPSA) is 98.6 Å². The third kappa shape index (κ3) is 4.88. The highest BCUT2D eigenvalue weighted by Gasteiger charge is 2.08. The van der Waals surface area contributed by atoms with Crippen LogP contribution in [-0.2, 0) is 0 Å². The van der Waals surface area contributed by atoms with Crippen LogP contribution in [0.3, 0.4) is 0 Å². The Hall–Kier alpha value is -3.75. The number of phenols is 1. The van der Waals surface area contributed by atoms with Crippen LogP contribution in [0, 0.1) is 5.82 Å². The average Bonchev–Trinajstić information content (AvgIpc) is 2.65. The van der Waals surface area contributed by atoms with Crippen molar-refractivity contribution in [2.75, 3.05) is 29.7 Å². The van der Waals surface area contributed by atoms with Gasteiger partial charge in [-0.05, 0) is 36.4 Å². The van der Waals surface area contributed by atoms with Crippen LogP contribution in [0.1, 0.15) is 5.56 Å². The maximum atomic E-state index is 13.0.